The lowest BCUT2D eigenvalue weighted by Gasteiger charge is -2.17. The Morgan fingerprint density at radius 1 is 0.926 bits per heavy atom. The molecule has 3 aromatic rings. The molecule has 2 atom stereocenters. The molecule has 0 bridgehead atoms. The van der Waals surface area contributed by atoms with E-state index >= 15 is 0 Å². The number of nitrogens with zero attached hydrogens (tertiary/aromatic N) is 3. The third-order valence-corrected chi connectivity index (χ3v) is 4.41. The number of hydrogen-bond donors (Lipinski definition) is 3. The Balaban J connectivity index is 1.65. The smallest absolute Gasteiger partial charge is 0.0657 e. The van der Waals surface area contributed by atoms with Crippen molar-refractivity contribution in [2.45, 2.75) is 38.9 Å². The van der Waals surface area contributed by atoms with Crippen molar-refractivity contribution in [2.24, 2.45) is 5.73 Å². The van der Waals surface area contributed by atoms with Gasteiger partial charge in [-0.2, -0.15) is 0 Å². The molecule has 0 fully saturated rings. The average molecular weight is 362 g/mol. The van der Waals surface area contributed by atoms with Gasteiger partial charge in [-0.1, -0.05) is 13.0 Å². The van der Waals surface area contributed by atoms with Crippen LogP contribution in [0, 0.1) is 0 Å². The average Bonchev–Trinajstić information content (AvgIpc) is 2.73. The summed E-state index contributed by atoms with van der Waals surface area (Å²) in [6.07, 6.45) is 6.27. The Bertz CT molecular complexity index is 852. The molecule has 3 heterocycles. The van der Waals surface area contributed by atoms with Crippen LogP contribution in [-0.4, -0.2) is 15.0 Å². The number of pyridine rings is 3. The molecule has 0 aliphatic rings. The SMILES string of the molecule is CCC(N)c1cc(NC(C)c2cc(NCc3ccccn3)ccn2)ccn1. The number of nitrogens with two attached hydrogens (primary N) is 1. The van der Waals surface area contributed by atoms with Crippen LogP contribution < -0.4 is 16.4 Å². The highest BCUT2D eigenvalue weighted by molar-refractivity contribution is 5.48. The molecular weight excluding hydrogens is 336 g/mol. The lowest BCUT2D eigenvalue weighted by atomic mass is 10.1. The number of nitrogens with one attached hydrogen (secondary N) is 2. The van der Waals surface area contributed by atoms with Gasteiger partial charge in [0.15, 0.2) is 0 Å². The van der Waals surface area contributed by atoms with Gasteiger partial charge in [0, 0.05) is 36.0 Å². The van der Waals surface area contributed by atoms with Crippen molar-refractivity contribution < 1.29 is 0 Å². The summed E-state index contributed by atoms with van der Waals surface area (Å²) < 4.78 is 0. The summed E-state index contributed by atoms with van der Waals surface area (Å²) in [4.78, 5) is 13.2. The summed E-state index contributed by atoms with van der Waals surface area (Å²) in [6.45, 7) is 4.82. The van der Waals surface area contributed by atoms with Crippen LogP contribution in [0.4, 0.5) is 11.4 Å². The van der Waals surface area contributed by atoms with Gasteiger partial charge in [0.2, 0.25) is 0 Å². The molecule has 0 saturated carbocycles. The van der Waals surface area contributed by atoms with Crippen molar-refractivity contribution in [1.29, 1.82) is 0 Å². The Labute approximate surface area is 160 Å². The molecule has 3 rings (SSSR count). The molecule has 4 N–H and O–H groups in total. The number of aromatic nitrogens is 3. The summed E-state index contributed by atoms with van der Waals surface area (Å²) in [5.74, 6) is 0. The molecule has 3 aromatic heterocycles. The van der Waals surface area contributed by atoms with Crippen LogP contribution in [0.5, 0.6) is 0 Å². The second-order valence-electron chi connectivity index (χ2n) is 6.49. The molecule has 2 unspecified atom stereocenters. The molecule has 140 valence electrons. The van der Waals surface area contributed by atoms with Gasteiger partial charge >= 0.3 is 0 Å². The Kier molecular flexibility index (Phi) is 6.33. The Hall–Kier alpha value is -2.99. The van der Waals surface area contributed by atoms with E-state index < -0.39 is 0 Å². The maximum absolute atomic E-state index is 6.09. The van der Waals surface area contributed by atoms with E-state index in [0.717, 1.165) is 34.9 Å². The highest BCUT2D eigenvalue weighted by Crippen LogP contribution is 2.22. The van der Waals surface area contributed by atoms with E-state index in [4.69, 9.17) is 5.73 Å². The van der Waals surface area contributed by atoms with Crippen molar-refractivity contribution in [1.82, 2.24) is 15.0 Å². The van der Waals surface area contributed by atoms with E-state index in [0.29, 0.717) is 6.54 Å². The summed E-state index contributed by atoms with van der Waals surface area (Å²) in [6, 6.07) is 13.9. The second-order valence-corrected chi connectivity index (χ2v) is 6.49. The van der Waals surface area contributed by atoms with E-state index in [1.807, 2.05) is 42.6 Å². The fraction of sp³-hybridized carbons (Fsp3) is 0.286. The van der Waals surface area contributed by atoms with Crippen molar-refractivity contribution in [2.75, 3.05) is 10.6 Å². The normalized spacial score (nSPS) is 13.0. The number of hydrogen-bond acceptors (Lipinski definition) is 6. The van der Waals surface area contributed by atoms with E-state index in [1.165, 1.54) is 0 Å². The van der Waals surface area contributed by atoms with Crippen molar-refractivity contribution >= 4 is 11.4 Å². The van der Waals surface area contributed by atoms with Gasteiger partial charge in [-0.15, -0.1) is 0 Å². The van der Waals surface area contributed by atoms with Crippen LogP contribution in [0.3, 0.4) is 0 Å². The largest absolute Gasteiger partial charge is 0.379 e. The molecule has 0 radical (unpaired) electrons. The van der Waals surface area contributed by atoms with Gasteiger partial charge in [0.25, 0.3) is 0 Å². The van der Waals surface area contributed by atoms with Crippen molar-refractivity contribution in [3.63, 3.8) is 0 Å². The first-order valence-electron chi connectivity index (χ1n) is 9.23. The van der Waals surface area contributed by atoms with Crippen LogP contribution in [-0.2, 0) is 6.54 Å². The molecular formula is C21H26N6. The van der Waals surface area contributed by atoms with Crippen molar-refractivity contribution in [3.8, 4) is 0 Å². The van der Waals surface area contributed by atoms with Gasteiger partial charge in [-0.25, -0.2) is 0 Å². The molecule has 6 heteroatoms. The fourth-order valence-corrected chi connectivity index (χ4v) is 2.76. The third kappa shape index (κ3) is 5.24. The molecule has 0 aliphatic carbocycles. The molecule has 6 nitrogen and oxygen atoms in total. The monoisotopic (exact) mass is 362 g/mol. The van der Waals surface area contributed by atoms with Gasteiger partial charge in [0.05, 0.1) is 29.7 Å². The van der Waals surface area contributed by atoms with E-state index in [1.54, 1.807) is 12.4 Å². The maximum Gasteiger partial charge on any atom is 0.0657 e. The quantitative estimate of drug-likeness (QED) is 0.560. The van der Waals surface area contributed by atoms with Crippen LogP contribution in [0.15, 0.2) is 61.1 Å². The minimum Gasteiger partial charge on any atom is -0.379 e. The van der Waals surface area contributed by atoms with E-state index in [9.17, 15) is 0 Å². The Morgan fingerprint density at radius 3 is 2.41 bits per heavy atom. The summed E-state index contributed by atoms with van der Waals surface area (Å²) >= 11 is 0. The fourth-order valence-electron chi connectivity index (χ4n) is 2.76. The highest BCUT2D eigenvalue weighted by Gasteiger charge is 2.10. The molecule has 0 spiro atoms. The number of anilines is 2. The van der Waals surface area contributed by atoms with Gasteiger partial charge in [-0.3, -0.25) is 15.0 Å². The zero-order valence-electron chi connectivity index (χ0n) is 15.8. The van der Waals surface area contributed by atoms with Crippen LogP contribution in [0.2, 0.25) is 0 Å². The first-order chi connectivity index (χ1) is 13.2. The molecule has 27 heavy (non-hydrogen) atoms. The van der Waals surface area contributed by atoms with E-state index in [-0.39, 0.29) is 12.1 Å². The molecule has 0 aromatic carbocycles. The number of rotatable bonds is 8. The molecule has 0 saturated heterocycles. The standard InChI is InChI=1S/C21H26N6/c1-3-19(22)21-13-17(8-11-25-21)27-15(2)20-12-16(7-10-24-20)26-14-18-6-4-5-9-23-18/h4-13,15,19H,3,14,22H2,1-2H3,(H,24,26)(H,25,27). The first kappa shape index (κ1) is 18.8. The lowest BCUT2D eigenvalue weighted by molar-refractivity contribution is 0.675. The second kappa shape index (κ2) is 9.09. The summed E-state index contributed by atoms with van der Waals surface area (Å²) in [5.41, 5.74) is 11.0. The zero-order valence-corrected chi connectivity index (χ0v) is 15.8. The lowest BCUT2D eigenvalue weighted by Crippen LogP contribution is -2.13. The first-order valence-corrected chi connectivity index (χ1v) is 9.23. The molecule has 0 aliphatic heterocycles. The van der Waals surface area contributed by atoms with Crippen molar-refractivity contribution in [3.05, 3.63) is 78.1 Å². The van der Waals surface area contributed by atoms with Crippen LogP contribution in [0.25, 0.3) is 0 Å². The summed E-state index contributed by atoms with van der Waals surface area (Å²) in [7, 11) is 0. The highest BCUT2D eigenvalue weighted by atomic mass is 15.0. The predicted octanol–water partition coefficient (Wildman–Crippen LogP) is 4.07. The van der Waals surface area contributed by atoms with Gasteiger partial charge in [-0.05, 0) is 49.7 Å². The van der Waals surface area contributed by atoms with Gasteiger partial charge < -0.3 is 16.4 Å². The maximum atomic E-state index is 6.09. The van der Waals surface area contributed by atoms with Gasteiger partial charge in [0.1, 0.15) is 0 Å². The van der Waals surface area contributed by atoms with Crippen LogP contribution >= 0.6 is 0 Å². The molecule has 0 amide bonds. The minimum atomic E-state index is -0.0423. The van der Waals surface area contributed by atoms with Crippen LogP contribution in [0.1, 0.15) is 49.4 Å². The topological polar surface area (TPSA) is 88.8 Å². The third-order valence-electron chi connectivity index (χ3n) is 4.41. The summed E-state index contributed by atoms with van der Waals surface area (Å²) in [5, 5.41) is 6.88. The minimum absolute atomic E-state index is 0.0423. The Morgan fingerprint density at radius 2 is 1.67 bits per heavy atom. The zero-order chi connectivity index (χ0) is 19.1. The predicted molar refractivity (Wildman–Crippen MR) is 109 cm³/mol. The van der Waals surface area contributed by atoms with E-state index in [2.05, 4.69) is 45.5 Å².